The zero-order valence-corrected chi connectivity index (χ0v) is 14.4. The molecule has 5 heteroatoms. The highest BCUT2D eigenvalue weighted by molar-refractivity contribution is 6.12. The summed E-state index contributed by atoms with van der Waals surface area (Å²) in [6.45, 7) is 0.480. The summed E-state index contributed by atoms with van der Waals surface area (Å²) in [5, 5.41) is 3.37. The second kappa shape index (κ2) is 7.33. The number of fused-ring (bicyclic) bond motifs is 1. The highest BCUT2D eigenvalue weighted by Crippen LogP contribution is 2.22. The van der Waals surface area contributed by atoms with Crippen molar-refractivity contribution in [2.45, 2.75) is 6.61 Å². The molecule has 2 N–H and O–H groups in total. The predicted octanol–water partition coefficient (Wildman–Crippen LogP) is 5.14. The SMILES string of the molecule is O=C(Nc1ccc(OCc2ccccc2)cc1)c1c[nH]c2ccc(F)cc12. The second-order valence-corrected chi connectivity index (χ2v) is 6.15. The van der Waals surface area contributed by atoms with Crippen molar-refractivity contribution in [1.29, 1.82) is 0 Å². The lowest BCUT2D eigenvalue weighted by atomic mass is 10.1. The number of halogens is 1. The van der Waals surface area contributed by atoms with Gasteiger partial charge in [0.1, 0.15) is 18.2 Å². The number of amides is 1. The van der Waals surface area contributed by atoms with E-state index >= 15 is 0 Å². The van der Waals surface area contributed by atoms with Gasteiger partial charge in [-0.3, -0.25) is 4.79 Å². The Balaban J connectivity index is 1.43. The van der Waals surface area contributed by atoms with Gasteiger partial charge in [0.15, 0.2) is 0 Å². The van der Waals surface area contributed by atoms with Gasteiger partial charge in [0.05, 0.1) is 5.56 Å². The summed E-state index contributed by atoms with van der Waals surface area (Å²) in [6, 6.07) is 21.3. The first-order valence-corrected chi connectivity index (χ1v) is 8.54. The van der Waals surface area contributed by atoms with Crippen LogP contribution >= 0.6 is 0 Å². The van der Waals surface area contributed by atoms with E-state index < -0.39 is 0 Å². The molecule has 0 spiro atoms. The van der Waals surface area contributed by atoms with Gasteiger partial charge < -0.3 is 15.0 Å². The average Bonchev–Trinajstić information content (AvgIpc) is 3.11. The molecule has 0 aliphatic carbocycles. The molecule has 1 aromatic heterocycles. The molecule has 0 atom stereocenters. The molecular formula is C22H17FN2O2. The molecule has 4 rings (SSSR count). The van der Waals surface area contributed by atoms with E-state index in [4.69, 9.17) is 4.74 Å². The second-order valence-electron chi connectivity index (χ2n) is 6.15. The Labute approximate surface area is 155 Å². The molecule has 0 radical (unpaired) electrons. The van der Waals surface area contributed by atoms with Crippen molar-refractivity contribution in [3.8, 4) is 5.75 Å². The molecule has 1 amide bonds. The van der Waals surface area contributed by atoms with Gasteiger partial charge in [-0.1, -0.05) is 30.3 Å². The van der Waals surface area contributed by atoms with Gasteiger partial charge in [-0.15, -0.1) is 0 Å². The first-order chi connectivity index (χ1) is 13.2. The molecule has 0 saturated carbocycles. The van der Waals surface area contributed by atoms with E-state index in [0.29, 0.717) is 34.5 Å². The Morgan fingerprint density at radius 3 is 2.56 bits per heavy atom. The highest BCUT2D eigenvalue weighted by atomic mass is 19.1. The number of hydrogen-bond donors (Lipinski definition) is 2. The Kier molecular flexibility index (Phi) is 4.58. The number of hydrogen-bond acceptors (Lipinski definition) is 2. The van der Waals surface area contributed by atoms with Crippen LogP contribution in [0, 0.1) is 5.82 Å². The first-order valence-electron chi connectivity index (χ1n) is 8.54. The molecule has 1 heterocycles. The summed E-state index contributed by atoms with van der Waals surface area (Å²) < 4.78 is 19.2. The number of carbonyl (C=O) groups excluding carboxylic acids is 1. The number of aromatic amines is 1. The van der Waals surface area contributed by atoms with E-state index in [1.54, 1.807) is 36.5 Å². The third-order valence-corrected chi connectivity index (χ3v) is 4.25. The molecule has 4 aromatic rings. The largest absolute Gasteiger partial charge is 0.489 e. The van der Waals surface area contributed by atoms with Crippen LogP contribution in [-0.4, -0.2) is 10.9 Å². The number of nitrogens with one attached hydrogen (secondary N) is 2. The molecule has 0 aliphatic rings. The van der Waals surface area contributed by atoms with Gasteiger partial charge >= 0.3 is 0 Å². The van der Waals surface area contributed by atoms with Gasteiger partial charge in [0.2, 0.25) is 0 Å². The lowest BCUT2D eigenvalue weighted by Gasteiger charge is -2.08. The van der Waals surface area contributed by atoms with E-state index in [-0.39, 0.29) is 11.7 Å². The maximum absolute atomic E-state index is 13.5. The minimum Gasteiger partial charge on any atom is -0.489 e. The van der Waals surface area contributed by atoms with Gasteiger partial charge in [0, 0.05) is 22.8 Å². The number of aromatic nitrogens is 1. The zero-order chi connectivity index (χ0) is 18.6. The van der Waals surface area contributed by atoms with Crippen molar-refractivity contribution in [3.63, 3.8) is 0 Å². The molecule has 0 fully saturated rings. The number of H-pyrrole nitrogens is 1. The van der Waals surface area contributed by atoms with Crippen molar-refractivity contribution in [2.75, 3.05) is 5.32 Å². The van der Waals surface area contributed by atoms with Crippen LogP contribution < -0.4 is 10.1 Å². The maximum atomic E-state index is 13.5. The van der Waals surface area contributed by atoms with Crippen LogP contribution in [0.15, 0.2) is 79.0 Å². The van der Waals surface area contributed by atoms with Gasteiger partial charge in [-0.25, -0.2) is 4.39 Å². The van der Waals surface area contributed by atoms with Crippen molar-refractivity contribution in [2.24, 2.45) is 0 Å². The van der Waals surface area contributed by atoms with Crippen molar-refractivity contribution in [1.82, 2.24) is 4.98 Å². The fraction of sp³-hybridized carbons (Fsp3) is 0.0455. The zero-order valence-electron chi connectivity index (χ0n) is 14.4. The van der Waals surface area contributed by atoms with E-state index in [1.807, 2.05) is 30.3 Å². The Morgan fingerprint density at radius 1 is 1.00 bits per heavy atom. The van der Waals surface area contributed by atoms with Crippen molar-refractivity contribution in [3.05, 3.63) is 95.9 Å². The smallest absolute Gasteiger partial charge is 0.257 e. The highest BCUT2D eigenvalue weighted by Gasteiger charge is 2.13. The van der Waals surface area contributed by atoms with Crippen LogP contribution in [0.25, 0.3) is 10.9 Å². The minimum absolute atomic E-state index is 0.301. The number of benzene rings is 3. The van der Waals surface area contributed by atoms with Gasteiger partial charge in [-0.2, -0.15) is 0 Å². The topological polar surface area (TPSA) is 54.1 Å². The van der Waals surface area contributed by atoms with E-state index in [2.05, 4.69) is 10.3 Å². The van der Waals surface area contributed by atoms with E-state index in [1.165, 1.54) is 12.1 Å². The summed E-state index contributed by atoms with van der Waals surface area (Å²) in [5.74, 6) is 0.0342. The summed E-state index contributed by atoms with van der Waals surface area (Å²) >= 11 is 0. The predicted molar refractivity (Wildman–Crippen MR) is 103 cm³/mol. The molecule has 0 aliphatic heterocycles. The summed E-state index contributed by atoms with van der Waals surface area (Å²) in [4.78, 5) is 15.5. The number of ether oxygens (including phenoxy) is 1. The summed E-state index contributed by atoms with van der Waals surface area (Å²) in [7, 11) is 0. The van der Waals surface area contributed by atoms with Crippen molar-refractivity contribution >= 4 is 22.5 Å². The monoisotopic (exact) mass is 360 g/mol. The number of carbonyl (C=O) groups is 1. The molecular weight excluding hydrogens is 343 g/mol. The lowest BCUT2D eigenvalue weighted by Crippen LogP contribution is -2.11. The molecule has 0 unspecified atom stereocenters. The summed E-state index contributed by atoms with van der Waals surface area (Å²) in [6.07, 6.45) is 1.58. The normalized spacial score (nSPS) is 10.7. The fourth-order valence-corrected chi connectivity index (χ4v) is 2.85. The molecule has 4 nitrogen and oxygen atoms in total. The maximum Gasteiger partial charge on any atom is 0.257 e. The third-order valence-electron chi connectivity index (χ3n) is 4.25. The summed E-state index contributed by atoms with van der Waals surface area (Å²) in [5.41, 5.74) is 2.83. The Hall–Kier alpha value is -3.60. The van der Waals surface area contributed by atoms with Crippen molar-refractivity contribution < 1.29 is 13.9 Å². The van der Waals surface area contributed by atoms with Crippen LogP contribution in [0.1, 0.15) is 15.9 Å². The molecule has 134 valence electrons. The Morgan fingerprint density at radius 2 is 1.78 bits per heavy atom. The van der Waals surface area contributed by atoms with Gasteiger partial charge in [-0.05, 0) is 48.0 Å². The third kappa shape index (κ3) is 3.82. The lowest BCUT2D eigenvalue weighted by molar-refractivity contribution is 0.102. The fourth-order valence-electron chi connectivity index (χ4n) is 2.85. The first kappa shape index (κ1) is 16.8. The van der Waals surface area contributed by atoms with Crippen LogP contribution in [-0.2, 0) is 6.61 Å². The van der Waals surface area contributed by atoms with Gasteiger partial charge in [0.25, 0.3) is 5.91 Å². The number of anilines is 1. The van der Waals surface area contributed by atoms with E-state index in [0.717, 1.165) is 5.56 Å². The standard InChI is InChI=1S/C22H17FN2O2/c23-16-6-11-21-19(12-16)20(13-24-21)22(26)25-17-7-9-18(10-8-17)27-14-15-4-2-1-3-5-15/h1-13,24H,14H2,(H,25,26). The van der Waals surface area contributed by atoms with Crippen LogP contribution in [0.4, 0.5) is 10.1 Å². The van der Waals surface area contributed by atoms with E-state index in [9.17, 15) is 9.18 Å². The quantitative estimate of drug-likeness (QED) is 0.518. The molecule has 27 heavy (non-hydrogen) atoms. The molecule has 0 bridgehead atoms. The molecule has 3 aromatic carbocycles. The number of rotatable bonds is 5. The van der Waals surface area contributed by atoms with Crippen LogP contribution in [0.2, 0.25) is 0 Å². The van der Waals surface area contributed by atoms with Crippen LogP contribution in [0.3, 0.4) is 0 Å². The van der Waals surface area contributed by atoms with Crippen LogP contribution in [0.5, 0.6) is 5.75 Å². The minimum atomic E-state index is -0.379. The average molecular weight is 360 g/mol. The Bertz CT molecular complexity index is 1070. The molecule has 0 saturated heterocycles.